The molecule has 0 radical (unpaired) electrons. The lowest BCUT2D eigenvalue weighted by Crippen LogP contribution is -2.45. The van der Waals surface area contributed by atoms with Crippen molar-refractivity contribution in [3.63, 3.8) is 0 Å². The first kappa shape index (κ1) is 26.2. The van der Waals surface area contributed by atoms with E-state index in [0.717, 1.165) is 74.6 Å². The number of anilines is 1. The second-order valence-electron chi connectivity index (χ2n) is 10.7. The lowest BCUT2D eigenvalue weighted by atomic mass is 10.0. The highest BCUT2D eigenvalue weighted by Crippen LogP contribution is 2.31. The second kappa shape index (κ2) is 11.2. The number of aromatic nitrogens is 3. The van der Waals surface area contributed by atoms with E-state index in [1.165, 1.54) is 12.1 Å². The van der Waals surface area contributed by atoms with Crippen LogP contribution in [-0.4, -0.2) is 82.7 Å². The Morgan fingerprint density at radius 2 is 1.95 bits per heavy atom. The summed E-state index contributed by atoms with van der Waals surface area (Å²) in [7, 11) is 2.15. The Hall–Kier alpha value is -4.02. The molecule has 1 amide bonds. The molecule has 0 spiro atoms. The molecule has 1 saturated carbocycles. The molecule has 1 aliphatic heterocycles. The molecule has 6 rings (SSSR count). The van der Waals surface area contributed by atoms with Crippen LogP contribution in [0.2, 0.25) is 0 Å². The normalized spacial score (nSPS) is 16.3. The van der Waals surface area contributed by atoms with Crippen molar-refractivity contribution in [3.05, 3.63) is 71.7 Å². The number of ether oxygens (including phenoxy) is 1. The molecular weight excluding hydrogens is 509 g/mol. The largest absolute Gasteiger partial charge is 0.439 e. The van der Waals surface area contributed by atoms with E-state index in [-0.39, 0.29) is 13.2 Å². The maximum absolute atomic E-state index is 13.8. The highest BCUT2D eigenvalue weighted by atomic mass is 19.1. The third kappa shape index (κ3) is 5.93. The number of nitrogens with zero attached hydrogens (tertiary/aromatic N) is 5. The number of hydrogen-bond donors (Lipinski definition) is 2. The van der Waals surface area contributed by atoms with Crippen LogP contribution < -0.4 is 15.4 Å². The summed E-state index contributed by atoms with van der Waals surface area (Å²) in [5, 5.41) is 11.2. The van der Waals surface area contributed by atoms with Gasteiger partial charge in [-0.15, -0.1) is 0 Å². The minimum atomic E-state index is -0.379. The summed E-state index contributed by atoms with van der Waals surface area (Å²) in [6.45, 7) is 7.77. The molecule has 9 nitrogen and oxygen atoms in total. The van der Waals surface area contributed by atoms with E-state index in [9.17, 15) is 9.18 Å². The van der Waals surface area contributed by atoms with Crippen molar-refractivity contribution in [2.75, 3.05) is 51.6 Å². The summed E-state index contributed by atoms with van der Waals surface area (Å²) in [6.07, 6.45) is 3.87. The van der Waals surface area contributed by atoms with Crippen LogP contribution in [0.25, 0.3) is 16.8 Å². The first-order chi connectivity index (χ1) is 19.4. The maximum Gasteiger partial charge on any atom is 0.251 e. The Morgan fingerprint density at radius 1 is 1.12 bits per heavy atom. The summed E-state index contributed by atoms with van der Waals surface area (Å²) in [4.78, 5) is 22.2. The van der Waals surface area contributed by atoms with Gasteiger partial charge in [-0.1, -0.05) is 18.2 Å². The fraction of sp³-hybridized carbons (Fsp3) is 0.367. The van der Waals surface area contributed by atoms with Crippen molar-refractivity contribution in [1.82, 2.24) is 29.7 Å². The number of benzene rings is 2. The molecule has 0 unspecified atom stereocenters. The second-order valence-corrected chi connectivity index (χ2v) is 10.7. The minimum absolute atomic E-state index is 0. The molecule has 0 atom stereocenters. The molecule has 2 fully saturated rings. The predicted octanol–water partition coefficient (Wildman–Crippen LogP) is 4.43. The Balaban J connectivity index is 0.00000337. The molecule has 2 N–H and O–H groups in total. The van der Waals surface area contributed by atoms with Gasteiger partial charge in [0.1, 0.15) is 17.4 Å². The van der Waals surface area contributed by atoms with Gasteiger partial charge in [-0.3, -0.25) is 9.69 Å². The molecule has 1 aliphatic carbocycles. The van der Waals surface area contributed by atoms with Crippen molar-refractivity contribution in [2.45, 2.75) is 25.8 Å². The van der Waals surface area contributed by atoms with Gasteiger partial charge < -0.3 is 20.3 Å². The van der Waals surface area contributed by atoms with E-state index in [1.54, 1.807) is 28.9 Å². The fourth-order valence-electron chi connectivity index (χ4n) is 4.96. The first-order valence-corrected chi connectivity index (χ1v) is 13.8. The van der Waals surface area contributed by atoms with E-state index in [0.29, 0.717) is 28.9 Å². The molecule has 2 aliphatic rings. The standard InChI is InChI=1S/C30H34FN7O2.H2/c1-20-16-21(6-9-25(20)30(39)34-23-7-8-23)26-19-33-38-27(32-10-11-37-14-12-36(2)13-15-37)18-28(35-29(26)38)40-24-5-3-4-22(31)17-24;/h3-6,9,16-19,23,32H,7-8,10-15H2,1-2H3,(H,34,39);1H. The summed E-state index contributed by atoms with van der Waals surface area (Å²) in [6, 6.07) is 13.9. The van der Waals surface area contributed by atoms with E-state index in [1.807, 2.05) is 25.1 Å². The van der Waals surface area contributed by atoms with Crippen LogP contribution in [-0.2, 0) is 0 Å². The van der Waals surface area contributed by atoms with Crippen LogP contribution in [0.15, 0.2) is 54.7 Å². The molecule has 3 heterocycles. The van der Waals surface area contributed by atoms with Crippen LogP contribution in [0.3, 0.4) is 0 Å². The Labute approximate surface area is 234 Å². The molecule has 2 aromatic heterocycles. The number of fused-ring (bicyclic) bond motifs is 1. The number of likely N-dealkylation sites (N-methyl/N-ethyl adjacent to an activating group) is 1. The van der Waals surface area contributed by atoms with Crippen molar-refractivity contribution in [3.8, 4) is 22.8 Å². The van der Waals surface area contributed by atoms with Crippen molar-refractivity contribution in [2.24, 2.45) is 0 Å². The van der Waals surface area contributed by atoms with Crippen LogP contribution in [0.1, 0.15) is 30.2 Å². The number of rotatable bonds is 9. The van der Waals surface area contributed by atoms with Crippen LogP contribution in [0.5, 0.6) is 11.6 Å². The van der Waals surface area contributed by atoms with E-state index < -0.39 is 0 Å². The minimum Gasteiger partial charge on any atom is -0.439 e. The monoisotopic (exact) mass is 545 g/mol. The molecule has 40 heavy (non-hydrogen) atoms. The Kier molecular flexibility index (Phi) is 7.36. The molecule has 210 valence electrons. The van der Waals surface area contributed by atoms with Crippen LogP contribution in [0.4, 0.5) is 10.2 Å². The number of amides is 1. The molecule has 2 aromatic carbocycles. The summed E-state index contributed by atoms with van der Waals surface area (Å²) >= 11 is 0. The summed E-state index contributed by atoms with van der Waals surface area (Å²) in [5.74, 6) is 1.01. The Morgan fingerprint density at radius 3 is 2.70 bits per heavy atom. The van der Waals surface area contributed by atoms with Gasteiger partial charge in [0, 0.05) is 70.0 Å². The number of piperazine rings is 1. The van der Waals surface area contributed by atoms with Gasteiger partial charge in [-0.05, 0) is 56.1 Å². The number of halogens is 1. The van der Waals surface area contributed by atoms with Gasteiger partial charge in [0.15, 0.2) is 5.65 Å². The average Bonchev–Trinajstić information content (AvgIpc) is 3.64. The quantitative estimate of drug-likeness (QED) is 0.322. The smallest absolute Gasteiger partial charge is 0.251 e. The van der Waals surface area contributed by atoms with Crippen LogP contribution >= 0.6 is 0 Å². The van der Waals surface area contributed by atoms with Crippen molar-refractivity contribution in [1.29, 1.82) is 0 Å². The zero-order chi connectivity index (χ0) is 27.6. The van der Waals surface area contributed by atoms with E-state index in [2.05, 4.69) is 32.6 Å². The third-order valence-corrected chi connectivity index (χ3v) is 7.49. The maximum atomic E-state index is 13.8. The molecule has 10 heteroatoms. The van der Waals surface area contributed by atoms with Gasteiger partial charge >= 0.3 is 0 Å². The van der Waals surface area contributed by atoms with Crippen LogP contribution in [0, 0.1) is 12.7 Å². The summed E-state index contributed by atoms with van der Waals surface area (Å²) in [5.41, 5.74) is 3.86. The average molecular weight is 546 g/mol. The lowest BCUT2D eigenvalue weighted by molar-refractivity contribution is 0.0950. The van der Waals surface area contributed by atoms with Crippen molar-refractivity contribution < 1.29 is 15.3 Å². The van der Waals surface area contributed by atoms with E-state index in [4.69, 9.17) is 9.72 Å². The zero-order valence-corrected chi connectivity index (χ0v) is 22.9. The highest BCUT2D eigenvalue weighted by Gasteiger charge is 2.25. The van der Waals surface area contributed by atoms with Gasteiger partial charge in [0.25, 0.3) is 5.91 Å². The highest BCUT2D eigenvalue weighted by molar-refractivity contribution is 5.97. The van der Waals surface area contributed by atoms with Gasteiger partial charge in [-0.2, -0.15) is 14.6 Å². The Bertz CT molecular complexity index is 1530. The number of aryl methyl sites for hydroxylation is 1. The van der Waals surface area contributed by atoms with Gasteiger partial charge in [0.05, 0.1) is 6.20 Å². The van der Waals surface area contributed by atoms with Gasteiger partial charge in [0.2, 0.25) is 5.88 Å². The number of carbonyl (C=O) groups is 1. The van der Waals surface area contributed by atoms with Crippen molar-refractivity contribution >= 4 is 17.4 Å². The fourth-order valence-corrected chi connectivity index (χ4v) is 4.96. The lowest BCUT2D eigenvalue weighted by Gasteiger charge is -2.32. The molecular formula is C30H36FN7O2. The van der Waals surface area contributed by atoms with E-state index >= 15 is 0 Å². The number of nitrogens with one attached hydrogen (secondary N) is 2. The third-order valence-electron chi connectivity index (χ3n) is 7.49. The first-order valence-electron chi connectivity index (χ1n) is 13.8. The molecule has 0 bridgehead atoms. The number of carbonyl (C=O) groups excluding carboxylic acids is 1. The SMILES string of the molecule is Cc1cc(-c2cnn3c(NCCN4CCN(C)CC4)cc(Oc4cccc(F)c4)nc23)ccc1C(=O)NC1CC1.[HH]. The number of hydrogen-bond acceptors (Lipinski definition) is 7. The molecule has 4 aromatic rings. The van der Waals surface area contributed by atoms with Gasteiger partial charge in [-0.25, -0.2) is 4.39 Å². The zero-order valence-electron chi connectivity index (χ0n) is 22.9. The predicted molar refractivity (Wildman–Crippen MR) is 155 cm³/mol. The molecule has 1 saturated heterocycles. The summed E-state index contributed by atoms with van der Waals surface area (Å²) < 4.78 is 21.6. The topological polar surface area (TPSA) is 87.0 Å².